The first-order chi connectivity index (χ1) is 11.0. The number of primary amides is 1. The standard InChI is InChI=1S/C15H14N6OS/c1-8-18-6-11(13(16)19-8)14-21-12(7-23-14)9-2-4-10(5-3-9)20-15(17)22/h2-7H,1H3,(H2,16,18,19)(H3,17,20,22). The van der Waals surface area contributed by atoms with Crippen LogP contribution in [0.3, 0.4) is 0 Å². The summed E-state index contributed by atoms with van der Waals surface area (Å²) in [5, 5.41) is 5.21. The van der Waals surface area contributed by atoms with Gasteiger partial charge in [-0.25, -0.2) is 19.7 Å². The van der Waals surface area contributed by atoms with E-state index in [1.165, 1.54) is 11.3 Å². The molecule has 2 aromatic heterocycles. The smallest absolute Gasteiger partial charge is 0.316 e. The maximum Gasteiger partial charge on any atom is 0.316 e. The first kappa shape index (κ1) is 14.9. The van der Waals surface area contributed by atoms with Crippen LogP contribution >= 0.6 is 11.3 Å². The largest absolute Gasteiger partial charge is 0.383 e. The minimum absolute atomic E-state index is 0.416. The minimum atomic E-state index is -0.594. The lowest BCUT2D eigenvalue weighted by atomic mass is 10.1. The lowest BCUT2D eigenvalue weighted by Gasteiger charge is -2.03. The number of aryl methyl sites for hydroxylation is 1. The van der Waals surface area contributed by atoms with Crippen LogP contribution in [0.15, 0.2) is 35.8 Å². The normalized spacial score (nSPS) is 10.5. The van der Waals surface area contributed by atoms with Gasteiger partial charge in [-0.05, 0) is 19.1 Å². The SMILES string of the molecule is Cc1ncc(-c2nc(-c3ccc(NC(N)=O)cc3)cs2)c(N)n1. The van der Waals surface area contributed by atoms with Crippen LogP contribution in [0.25, 0.3) is 21.8 Å². The lowest BCUT2D eigenvalue weighted by molar-refractivity contribution is 0.259. The summed E-state index contributed by atoms with van der Waals surface area (Å²) in [5.41, 5.74) is 14.1. The fraction of sp³-hybridized carbons (Fsp3) is 0.0667. The third-order valence-corrected chi connectivity index (χ3v) is 4.00. The molecule has 0 fully saturated rings. The number of nitrogens with zero attached hydrogens (tertiary/aromatic N) is 3. The maximum absolute atomic E-state index is 10.8. The van der Waals surface area contributed by atoms with Crippen molar-refractivity contribution < 1.29 is 4.79 Å². The first-order valence-corrected chi connectivity index (χ1v) is 7.63. The number of rotatable bonds is 3. The Morgan fingerprint density at radius 1 is 1.22 bits per heavy atom. The van der Waals surface area contributed by atoms with Crippen LogP contribution in [0.2, 0.25) is 0 Å². The van der Waals surface area contributed by atoms with Crippen molar-refractivity contribution in [3.05, 3.63) is 41.7 Å². The summed E-state index contributed by atoms with van der Waals surface area (Å²) >= 11 is 1.47. The molecule has 0 spiro atoms. The van der Waals surface area contributed by atoms with Crippen molar-refractivity contribution in [3.63, 3.8) is 0 Å². The molecule has 0 saturated heterocycles. The van der Waals surface area contributed by atoms with Gasteiger partial charge in [-0.1, -0.05) is 12.1 Å². The number of amides is 2. The van der Waals surface area contributed by atoms with E-state index < -0.39 is 6.03 Å². The number of hydrogen-bond acceptors (Lipinski definition) is 6. The molecule has 0 atom stereocenters. The molecule has 0 saturated carbocycles. The average Bonchev–Trinajstić information content (AvgIpc) is 2.97. The maximum atomic E-state index is 10.8. The number of carbonyl (C=O) groups excluding carboxylic acids is 1. The molecule has 0 unspecified atom stereocenters. The number of benzene rings is 1. The van der Waals surface area contributed by atoms with Crippen LogP contribution in [0.5, 0.6) is 0 Å². The van der Waals surface area contributed by atoms with Gasteiger partial charge in [0.2, 0.25) is 0 Å². The Kier molecular flexibility index (Phi) is 3.90. The summed E-state index contributed by atoms with van der Waals surface area (Å²) in [4.78, 5) is 23.7. The Morgan fingerprint density at radius 2 is 1.96 bits per heavy atom. The van der Waals surface area contributed by atoms with Gasteiger partial charge in [-0.15, -0.1) is 11.3 Å². The third kappa shape index (κ3) is 3.27. The number of urea groups is 1. The fourth-order valence-corrected chi connectivity index (χ4v) is 2.90. The summed E-state index contributed by atoms with van der Waals surface area (Å²) in [7, 11) is 0. The quantitative estimate of drug-likeness (QED) is 0.683. The zero-order valence-electron chi connectivity index (χ0n) is 12.3. The topological polar surface area (TPSA) is 120 Å². The Hall–Kier alpha value is -3.00. The van der Waals surface area contributed by atoms with E-state index in [1.54, 1.807) is 25.3 Å². The van der Waals surface area contributed by atoms with Crippen molar-refractivity contribution in [2.45, 2.75) is 6.92 Å². The third-order valence-electron chi connectivity index (χ3n) is 3.12. The zero-order chi connectivity index (χ0) is 16.4. The highest BCUT2D eigenvalue weighted by atomic mass is 32.1. The Labute approximate surface area is 136 Å². The molecule has 0 aliphatic rings. The van der Waals surface area contributed by atoms with Gasteiger partial charge in [0.1, 0.15) is 16.6 Å². The second-order valence-corrected chi connectivity index (χ2v) is 5.68. The number of nitrogens with two attached hydrogens (primary N) is 2. The number of nitrogen functional groups attached to an aromatic ring is 1. The molecule has 3 rings (SSSR count). The van der Waals surface area contributed by atoms with Gasteiger partial charge in [0.25, 0.3) is 0 Å². The molecule has 0 aliphatic heterocycles. The summed E-state index contributed by atoms with van der Waals surface area (Å²) in [6.07, 6.45) is 1.68. The Morgan fingerprint density at radius 3 is 2.61 bits per heavy atom. The number of anilines is 2. The van der Waals surface area contributed by atoms with Gasteiger partial charge in [-0.2, -0.15) is 0 Å². The van der Waals surface area contributed by atoms with E-state index in [4.69, 9.17) is 11.5 Å². The van der Waals surface area contributed by atoms with Gasteiger partial charge >= 0.3 is 6.03 Å². The molecule has 116 valence electrons. The molecule has 2 amide bonds. The van der Waals surface area contributed by atoms with E-state index in [9.17, 15) is 4.79 Å². The molecule has 0 radical (unpaired) electrons. The molecular weight excluding hydrogens is 312 g/mol. The van der Waals surface area contributed by atoms with Crippen LogP contribution in [0.1, 0.15) is 5.82 Å². The highest BCUT2D eigenvalue weighted by Gasteiger charge is 2.11. The molecule has 5 N–H and O–H groups in total. The molecular formula is C15H14N6OS. The second kappa shape index (κ2) is 6.01. The second-order valence-electron chi connectivity index (χ2n) is 4.82. The zero-order valence-corrected chi connectivity index (χ0v) is 13.1. The number of hydrogen-bond donors (Lipinski definition) is 3. The highest BCUT2D eigenvalue weighted by molar-refractivity contribution is 7.13. The van der Waals surface area contributed by atoms with E-state index in [2.05, 4.69) is 20.3 Å². The molecule has 0 bridgehead atoms. The summed E-state index contributed by atoms with van der Waals surface area (Å²) in [5.74, 6) is 1.04. The van der Waals surface area contributed by atoms with E-state index >= 15 is 0 Å². The van der Waals surface area contributed by atoms with Crippen LogP contribution < -0.4 is 16.8 Å². The molecule has 8 heteroatoms. The van der Waals surface area contributed by atoms with Gasteiger partial charge in [0, 0.05) is 22.8 Å². The van der Waals surface area contributed by atoms with Gasteiger partial charge in [-0.3, -0.25) is 0 Å². The number of thiazole rings is 1. The predicted molar refractivity (Wildman–Crippen MR) is 90.9 cm³/mol. The molecule has 1 aromatic carbocycles. The number of carbonyl (C=O) groups is 1. The van der Waals surface area contributed by atoms with E-state index in [1.807, 2.05) is 17.5 Å². The van der Waals surface area contributed by atoms with Crippen molar-refractivity contribution in [1.29, 1.82) is 0 Å². The van der Waals surface area contributed by atoms with Crippen LogP contribution in [-0.4, -0.2) is 21.0 Å². The lowest BCUT2D eigenvalue weighted by Crippen LogP contribution is -2.19. The molecule has 3 aromatic rings. The van der Waals surface area contributed by atoms with Crippen molar-refractivity contribution in [2.24, 2.45) is 5.73 Å². The number of aromatic nitrogens is 3. The molecule has 0 aliphatic carbocycles. The minimum Gasteiger partial charge on any atom is -0.383 e. The number of nitrogens with one attached hydrogen (secondary N) is 1. The summed E-state index contributed by atoms with van der Waals surface area (Å²) in [6, 6.07) is 6.66. The van der Waals surface area contributed by atoms with Crippen molar-refractivity contribution >= 4 is 28.9 Å². The van der Waals surface area contributed by atoms with E-state index in [0.717, 1.165) is 21.8 Å². The fourth-order valence-electron chi connectivity index (χ4n) is 2.05. The van der Waals surface area contributed by atoms with Gasteiger partial charge in [0.15, 0.2) is 0 Å². The van der Waals surface area contributed by atoms with Gasteiger partial charge < -0.3 is 16.8 Å². The van der Waals surface area contributed by atoms with Gasteiger partial charge in [0.05, 0.1) is 11.3 Å². The molecule has 23 heavy (non-hydrogen) atoms. The Balaban J connectivity index is 1.88. The average molecular weight is 326 g/mol. The molecule has 7 nitrogen and oxygen atoms in total. The van der Waals surface area contributed by atoms with E-state index in [0.29, 0.717) is 17.3 Å². The van der Waals surface area contributed by atoms with Crippen molar-refractivity contribution in [2.75, 3.05) is 11.1 Å². The Bertz CT molecular complexity index is 859. The highest BCUT2D eigenvalue weighted by Crippen LogP contribution is 2.31. The first-order valence-electron chi connectivity index (χ1n) is 6.75. The predicted octanol–water partition coefficient (Wildman–Crippen LogP) is 2.65. The monoisotopic (exact) mass is 326 g/mol. The summed E-state index contributed by atoms with van der Waals surface area (Å²) in [6.45, 7) is 1.79. The molecule has 2 heterocycles. The summed E-state index contributed by atoms with van der Waals surface area (Å²) < 4.78 is 0. The van der Waals surface area contributed by atoms with E-state index in [-0.39, 0.29) is 0 Å². The van der Waals surface area contributed by atoms with Crippen LogP contribution in [-0.2, 0) is 0 Å². The van der Waals surface area contributed by atoms with Crippen LogP contribution in [0.4, 0.5) is 16.3 Å². The van der Waals surface area contributed by atoms with Crippen LogP contribution in [0, 0.1) is 6.92 Å². The van der Waals surface area contributed by atoms with Crippen molar-refractivity contribution in [3.8, 4) is 21.8 Å². The van der Waals surface area contributed by atoms with Crippen molar-refractivity contribution in [1.82, 2.24) is 15.0 Å².